The summed E-state index contributed by atoms with van der Waals surface area (Å²) in [6, 6.07) is 6.01. The second-order valence-electron chi connectivity index (χ2n) is 3.94. The number of carbonyl (C=O) groups excluding carboxylic acids is 1. The molecule has 0 aliphatic carbocycles. The Kier molecular flexibility index (Phi) is 5.09. The molecule has 0 aliphatic heterocycles. The van der Waals surface area contributed by atoms with Gasteiger partial charge in [-0.2, -0.15) is 8.78 Å². The van der Waals surface area contributed by atoms with Gasteiger partial charge < -0.3 is 14.6 Å². The molecule has 1 amide bonds. The van der Waals surface area contributed by atoms with Crippen molar-refractivity contribution < 1.29 is 18.3 Å². The van der Waals surface area contributed by atoms with Crippen LogP contribution in [0.15, 0.2) is 35.7 Å². The van der Waals surface area contributed by atoms with Gasteiger partial charge in [-0.15, -0.1) is 10.2 Å². The second-order valence-corrected chi connectivity index (χ2v) is 4.88. The van der Waals surface area contributed by atoms with E-state index in [4.69, 9.17) is 0 Å². The van der Waals surface area contributed by atoms with E-state index >= 15 is 0 Å². The molecule has 0 saturated heterocycles. The van der Waals surface area contributed by atoms with Gasteiger partial charge in [0.2, 0.25) is 5.91 Å². The van der Waals surface area contributed by atoms with E-state index in [0.29, 0.717) is 5.16 Å². The summed E-state index contributed by atoms with van der Waals surface area (Å²) in [7, 11) is 1.76. The molecule has 6 nitrogen and oxygen atoms in total. The van der Waals surface area contributed by atoms with E-state index in [0.717, 1.165) is 0 Å². The van der Waals surface area contributed by atoms with Crippen LogP contribution in [-0.2, 0) is 11.8 Å². The zero-order valence-electron chi connectivity index (χ0n) is 11.0. The minimum atomic E-state index is -2.95. The molecule has 0 bridgehead atoms. The van der Waals surface area contributed by atoms with E-state index in [2.05, 4.69) is 20.3 Å². The predicted octanol–water partition coefficient (Wildman–Crippen LogP) is 2.15. The largest absolute Gasteiger partial charge is 0.433 e. The zero-order valence-corrected chi connectivity index (χ0v) is 11.8. The molecule has 1 N–H and O–H groups in total. The van der Waals surface area contributed by atoms with Crippen molar-refractivity contribution >= 4 is 23.4 Å². The van der Waals surface area contributed by atoms with Gasteiger partial charge in [-0.25, -0.2) is 0 Å². The molecular weight excluding hydrogens is 302 g/mol. The first kappa shape index (κ1) is 15.2. The van der Waals surface area contributed by atoms with Gasteiger partial charge in [0, 0.05) is 7.05 Å². The van der Waals surface area contributed by atoms with E-state index in [1.807, 2.05) is 0 Å². The summed E-state index contributed by atoms with van der Waals surface area (Å²) >= 11 is 1.19. The van der Waals surface area contributed by atoms with Crippen LogP contribution in [0.1, 0.15) is 0 Å². The molecule has 9 heteroatoms. The number of thioether (sulfide) groups is 1. The number of carbonyl (C=O) groups is 1. The Bertz CT molecular complexity index is 621. The monoisotopic (exact) mass is 314 g/mol. The van der Waals surface area contributed by atoms with Crippen LogP contribution in [0.4, 0.5) is 14.5 Å². The lowest BCUT2D eigenvalue weighted by Gasteiger charge is -2.11. The Morgan fingerprint density at radius 2 is 2.24 bits per heavy atom. The van der Waals surface area contributed by atoms with Gasteiger partial charge in [-0.3, -0.25) is 4.79 Å². The predicted molar refractivity (Wildman–Crippen MR) is 73.4 cm³/mol. The van der Waals surface area contributed by atoms with Gasteiger partial charge in [-0.05, 0) is 12.1 Å². The fourth-order valence-electron chi connectivity index (χ4n) is 1.49. The molecule has 21 heavy (non-hydrogen) atoms. The van der Waals surface area contributed by atoms with E-state index in [1.54, 1.807) is 23.7 Å². The highest BCUT2D eigenvalue weighted by Crippen LogP contribution is 2.25. The highest BCUT2D eigenvalue weighted by atomic mass is 32.2. The molecule has 2 rings (SSSR count). The number of ether oxygens (including phenoxy) is 1. The maximum Gasteiger partial charge on any atom is 0.387 e. The molecule has 0 fully saturated rings. The Morgan fingerprint density at radius 3 is 2.90 bits per heavy atom. The molecule has 1 aromatic heterocycles. The average Bonchev–Trinajstić information content (AvgIpc) is 2.84. The highest BCUT2D eigenvalue weighted by Gasteiger charge is 2.12. The van der Waals surface area contributed by atoms with Crippen molar-refractivity contribution in [2.45, 2.75) is 11.8 Å². The summed E-state index contributed by atoms with van der Waals surface area (Å²) in [5.41, 5.74) is 0.196. The number of rotatable bonds is 6. The quantitative estimate of drug-likeness (QED) is 0.827. The molecule has 0 atom stereocenters. The molecule has 0 unspecified atom stereocenters. The Morgan fingerprint density at radius 1 is 1.48 bits per heavy atom. The highest BCUT2D eigenvalue weighted by molar-refractivity contribution is 7.99. The minimum Gasteiger partial charge on any atom is -0.433 e. The summed E-state index contributed by atoms with van der Waals surface area (Å²) in [5, 5.41) is 10.6. The van der Waals surface area contributed by atoms with Gasteiger partial charge in [-0.1, -0.05) is 23.9 Å². The molecule has 2 aromatic rings. The molecule has 1 aromatic carbocycles. The smallest absolute Gasteiger partial charge is 0.387 e. The van der Waals surface area contributed by atoms with Crippen LogP contribution in [0, 0.1) is 0 Å². The van der Waals surface area contributed by atoms with Crippen LogP contribution >= 0.6 is 11.8 Å². The fourth-order valence-corrected chi connectivity index (χ4v) is 2.18. The summed E-state index contributed by atoms with van der Waals surface area (Å²) in [6.07, 6.45) is 1.52. The van der Waals surface area contributed by atoms with Crippen molar-refractivity contribution in [1.29, 1.82) is 0 Å². The molecular formula is C12H12F2N4O2S. The number of aromatic nitrogens is 3. The SMILES string of the molecule is Cn1cnnc1SCC(=O)Nc1ccccc1OC(F)F. The Hall–Kier alpha value is -2.16. The number of aryl methyl sites for hydroxylation is 1. The zero-order chi connectivity index (χ0) is 15.2. The van der Waals surface area contributed by atoms with E-state index in [-0.39, 0.29) is 23.1 Å². The number of nitrogens with zero attached hydrogens (tertiary/aromatic N) is 3. The normalized spacial score (nSPS) is 10.7. The van der Waals surface area contributed by atoms with Crippen molar-refractivity contribution in [3.8, 4) is 5.75 Å². The van der Waals surface area contributed by atoms with Crippen molar-refractivity contribution in [2.24, 2.45) is 7.05 Å². The molecule has 0 aliphatic rings. The summed E-state index contributed by atoms with van der Waals surface area (Å²) in [4.78, 5) is 11.8. The fraction of sp³-hybridized carbons (Fsp3) is 0.250. The number of anilines is 1. The lowest BCUT2D eigenvalue weighted by atomic mass is 10.3. The number of amides is 1. The lowest BCUT2D eigenvalue weighted by Crippen LogP contribution is -2.16. The van der Waals surface area contributed by atoms with Crippen LogP contribution in [0.5, 0.6) is 5.75 Å². The topological polar surface area (TPSA) is 69.0 Å². The van der Waals surface area contributed by atoms with Gasteiger partial charge in [0.1, 0.15) is 12.1 Å². The Labute approximate surface area is 123 Å². The first-order chi connectivity index (χ1) is 10.1. The van der Waals surface area contributed by atoms with E-state index in [9.17, 15) is 13.6 Å². The van der Waals surface area contributed by atoms with Gasteiger partial charge >= 0.3 is 6.61 Å². The summed E-state index contributed by atoms with van der Waals surface area (Å²) in [6.45, 7) is -2.95. The molecule has 0 radical (unpaired) electrons. The summed E-state index contributed by atoms with van der Waals surface area (Å²) < 4.78 is 30.5. The standard InChI is InChI=1S/C12H12F2N4O2S/c1-18-7-15-17-12(18)21-6-10(19)16-8-4-2-3-5-9(8)20-11(13)14/h2-5,7,11H,6H2,1H3,(H,16,19). The van der Waals surface area contributed by atoms with Crippen molar-refractivity contribution in [2.75, 3.05) is 11.1 Å². The molecule has 0 spiro atoms. The first-order valence-corrected chi connectivity index (χ1v) is 6.85. The van der Waals surface area contributed by atoms with Crippen LogP contribution in [0.2, 0.25) is 0 Å². The van der Waals surface area contributed by atoms with Crippen molar-refractivity contribution in [3.05, 3.63) is 30.6 Å². The summed E-state index contributed by atoms with van der Waals surface area (Å²) in [5.74, 6) is -0.354. The van der Waals surface area contributed by atoms with E-state index in [1.165, 1.54) is 30.2 Å². The molecule has 1 heterocycles. The van der Waals surface area contributed by atoms with Crippen LogP contribution in [-0.4, -0.2) is 33.0 Å². The molecule has 112 valence electrons. The van der Waals surface area contributed by atoms with Crippen LogP contribution < -0.4 is 10.1 Å². The van der Waals surface area contributed by atoms with Gasteiger partial charge in [0.05, 0.1) is 11.4 Å². The van der Waals surface area contributed by atoms with E-state index < -0.39 is 6.61 Å². The van der Waals surface area contributed by atoms with Crippen molar-refractivity contribution in [1.82, 2.24) is 14.8 Å². The minimum absolute atomic E-state index is 0.0789. The van der Waals surface area contributed by atoms with Crippen LogP contribution in [0.3, 0.4) is 0 Å². The maximum atomic E-state index is 12.3. The van der Waals surface area contributed by atoms with Gasteiger partial charge in [0.15, 0.2) is 5.16 Å². The maximum absolute atomic E-state index is 12.3. The third kappa shape index (κ3) is 4.42. The third-order valence-corrected chi connectivity index (χ3v) is 3.41. The average molecular weight is 314 g/mol. The number of para-hydroxylation sites is 2. The lowest BCUT2D eigenvalue weighted by molar-refractivity contribution is -0.113. The van der Waals surface area contributed by atoms with Crippen molar-refractivity contribution in [3.63, 3.8) is 0 Å². The molecule has 0 saturated carbocycles. The Balaban J connectivity index is 1.95. The second kappa shape index (κ2) is 7.02. The number of benzene rings is 1. The number of hydrogen-bond acceptors (Lipinski definition) is 5. The third-order valence-electron chi connectivity index (χ3n) is 2.38. The number of halogens is 2. The van der Waals surface area contributed by atoms with Crippen LogP contribution in [0.25, 0.3) is 0 Å². The first-order valence-electron chi connectivity index (χ1n) is 5.86. The number of nitrogens with one attached hydrogen (secondary N) is 1. The van der Waals surface area contributed by atoms with Gasteiger partial charge in [0.25, 0.3) is 0 Å². The number of hydrogen-bond donors (Lipinski definition) is 1. The number of alkyl halides is 2.